The Morgan fingerprint density at radius 1 is 1.41 bits per heavy atom. The van der Waals surface area contributed by atoms with Crippen LogP contribution in [0.25, 0.3) is 0 Å². The summed E-state index contributed by atoms with van der Waals surface area (Å²) >= 11 is 0. The third-order valence-electron chi connectivity index (χ3n) is 5.12. The van der Waals surface area contributed by atoms with Crippen LogP contribution in [0.2, 0.25) is 0 Å². The van der Waals surface area contributed by atoms with Gasteiger partial charge in [0.15, 0.2) is 0 Å². The number of rotatable bonds is 4. The third kappa shape index (κ3) is 3.18. The molecule has 1 spiro atoms. The molecule has 0 unspecified atom stereocenters. The number of piperidine rings is 1. The maximum atomic E-state index is 11.5. The fourth-order valence-electron chi connectivity index (χ4n) is 3.97. The Labute approximate surface area is 131 Å². The number of aromatic nitrogens is 1. The van der Waals surface area contributed by atoms with Crippen molar-refractivity contribution in [1.29, 1.82) is 0 Å². The maximum Gasteiger partial charge on any atom is 0.306 e. The van der Waals surface area contributed by atoms with Crippen molar-refractivity contribution in [2.75, 3.05) is 30.3 Å². The highest BCUT2D eigenvalue weighted by Gasteiger charge is 2.46. The second-order valence-electron chi connectivity index (χ2n) is 6.72. The number of pyridine rings is 1. The molecule has 2 fully saturated rings. The molecule has 0 atom stereocenters. The van der Waals surface area contributed by atoms with Gasteiger partial charge in [0.2, 0.25) is 0 Å². The minimum atomic E-state index is -0.0362. The summed E-state index contributed by atoms with van der Waals surface area (Å²) in [5, 5.41) is 0. The van der Waals surface area contributed by atoms with Crippen LogP contribution in [-0.2, 0) is 9.53 Å². The highest BCUT2D eigenvalue weighted by atomic mass is 16.5. The molecule has 3 rings (SSSR count). The fraction of sp³-hybridized carbons (Fsp3) is 0.647. The molecule has 0 amide bonds. The van der Waals surface area contributed by atoms with E-state index in [0.29, 0.717) is 30.0 Å². The lowest BCUT2D eigenvalue weighted by atomic mass is 9.57. The Bertz CT molecular complexity index is 513. The van der Waals surface area contributed by atoms with E-state index in [9.17, 15) is 4.79 Å². The first-order valence-corrected chi connectivity index (χ1v) is 8.22. The normalized spacial score (nSPS) is 20.7. The Morgan fingerprint density at radius 2 is 2.14 bits per heavy atom. The largest absolute Gasteiger partial charge is 0.466 e. The van der Waals surface area contributed by atoms with Crippen LogP contribution in [0.4, 0.5) is 11.5 Å². The molecule has 0 radical (unpaired) electrons. The number of carbonyl (C=O) groups is 1. The molecule has 1 aromatic heterocycles. The van der Waals surface area contributed by atoms with Crippen LogP contribution in [-0.4, -0.2) is 30.6 Å². The number of anilines is 2. The minimum Gasteiger partial charge on any atom is -0.466 e. The Kier molecular flexibility index (Phi) is 4.23. The molecule has 1 saturated carbocycles. The Morgan fingerprint density at radius 3 is 2.73 bits per heavy atom. The molecule has 120 valence electrons. The van der Waals surface area contributed by atoms with E-state index in [1.165, 1.54) is 25.7 Å². The van der Waals surface area contributed by atoms with E-state index in [1.807, 2.05) is 19.1 Å². The Hall–Kier alpha value is -1.78. The molecule has 0 aromatic carbocycles. The van der Waals surface area contributed by atoms with Crippen molar-refractivity contribution in [3.05, 3.63) is 18.3 Å². The molecule has 1 saturated heterocycles. The van der Waals surface area contributed by atoms with E-state index in [1.54, 1.807) is 6.20 Å². The summed E-state index contributed by atoms with van der Waals surface area (Å²) in [5.41, 5.74) is 6.85. The van der Waals surface area contributed by atoms with Gasteiger partial charge in [0.25, 0.3) is 0 Å². The molecule has 1 aromatic rings. The lowest BCUT2D eigenvalue weighted by molar-refractivity contribution is -0.146. The van der Waals surface area contributed by atoms with Crippen molar-refractivity contribution in [3.63, 3.8) is 0 Å². The molecule has 0 bridgehead atoms. The summed E-state index contributed by atoms with van der Waals surface area (Å²) in [6, 6.07) is 3.91. The van der Waals surface area contributed by atoms with E-state index in [-0.39, 0.29) is 5.97 Å². The summed E-state index contributed by atoms with van der Waals surface area (Å²) < 4.78 is 5.04. The van der Waals surface area contributed by atoms with Gasteiger partial charge in [0.05, 0.1) is 18.5 Å². The predicted octanol–water partition coefficient (Wildman–Crippen LogP) is 2.61. The number of ether oxygens (including phenoxy) is 1. The van der Waals surface area contributed by atoms with Gasteiger partial charge in [-0.3, -0.25) is 4.79 Å². The first-order chi connectivity index (χ1) is 10.6. The number of esters is 1. The highest BCUT2D eigenvalue weighted by molar-refractivity contribution is 5.69. The molecule has 2 heterocycles. The number of nitrogens with zero attached hydrogens (tertiary/aromatic N) is 2. The molecular weight excluding hydrogens is 278 g/mol. The number of nitrogens with two attached hydrogens (primary N) is 1. The molecular formula is C17H25N3O2. The van der Waals surface area contributed by atoms with Crippen LogP contribution in [0.3, 0.4) is 0 Å². The van der Waals surface area contributed by atoms with Gasteiger partial charge in [0.1, 0.15) is 5.82 Å². The van der Waals surface area contributed by atoms with Crippen molar-refractivity contribution in [1.82, 2.24) is 4.98 Å². The summed E-state index contributed by atoms with van der Waals surface area (Å²) in [4.78, 5) is 18.3. The number of hydrogen-bond donors (Lipinski definition) is 1. The molecule has 1 aliphatic carbocycles. The maximum absolute atomic E-state index is 11.5. The summed E-state index contributed by atoms with van der Waals surface area (Å²) in [6.45, 7) is 4.44. The van der Waals surface area contributed by atoms with E-state index >= 15 is 0 Å². The highest BCUT2D eigenvalue weighted by Crippen LogP contribution is 2.53. The zero-order chi connectivity index (χ0) is 15.6. The fourth-order valence-corrected chi connectivity index (χ4v) is 3.97. The van der Waals surface area contributed by atoms with Crippen LogP contribution in [0.15, 0.2) is 18.3 Å². The number of carbonyl (C=O) groups excluding carboxylic acids is 1. The van der Waals surface area contributed by atoms with E-state index in [4.69, 9.17) is 10.5 Å². The zero-order valence-corrected chi connectivity index (χ0v) is 13.3. The van der Waals surface area contributed by atoms with Gasteiger partial charge in [-0.25, -0.2) is 4.98 Å². The van der Waals surface area contributed by atoms with Gasteiger partial charge < -0.3 is 15.4 Å². The van der Waals surface area contributed by atoms with Crippen LogP contribution < -0.4 is 10.6 Å². The second-order valence-corrected chi connectivity index (χ2v) is 6.72. The van der Waals surface area contributed by atoms with Gasteiger partial charge in [0, 0.05) is 19.5 Å². The molecule has 2 aliphatic rings. The molecule has 5 nitrogen and oxygen atoms in total. The quantitative estimate of drug-likeness (QED) is 0.866. The monoisotopic (exact) mass is 303 g/mol. The molecule has 2 N–H and O–H groups in total. The topological polar surface area (TPSA) is 68.5 Å². The average Bonchev–Trinajstić information content (AvgIpc) is 2.48. The number of hydrogen-bond acceptors (Lipinski definition) is 5. The van der Waals surface area contributed by atoms with Gasteiger partial charge in [-0.1, -0.05) is 0 Å². The predicted molar refractivity (Wildman–Crippen MR) is 86.5 cm³/mol. The summed E-state index contributed by atoms with van der Waals surface area (Å²) in [5.74, 6) is 1.51. The summed E-state index contributed by atoms with van der Waals surface area (Å²) in [6.07, 6.45) is 7.05. The zero-order valence-electron chi connectivity index (χ0n) is 13.3. The number of nitrogen functional groups attached to an aromatic ring is 1. The third-order valence-corrected chi connectivity index (χ3v) is 5.12. The summed E-state index contributed by atoms with van der Waals surface area (Å²) in [7, 11) is 0. The van der Waals surface area contributed by atoms with Gasteiger partial charge >= 0.3 is 5.97 Å². The van der Waals surface area contributed by atoms with Gasteiger partial charge in [-0.15, -0.1) is 0 Å². The van der Waals surface area contributed by atoms with E-state index < -0.39 is 0 Å². The first kappa shape index (κ1) is 15.1. The van der Waals surface area contributed by atoms with E-state index in [2.05, 4.69) is 9.88 Å². The Balaban J connectivity index is 1.47. The first-order valence-electron chi connectivity index (χ1n) is 8.22. The molecule has 22 heavy (non-hydrogen) atoms. The lowest BCUT2D eigenvalue weighted by Gasteiger charge is -2.52. The van der Waals surface area contributed by atoms with Crippen LogP contribution in [0, 0.1) is 11.3 Å². The lowest BCUT2D eigenvalue weighted by Crippen LogP contribution is -2.47. The van der Waals surface area contributed by atoms with Gasteiger partial charge in [-0.2, -0.15) is 0 Å². The molecule has 5 heteroatoms. The standard InChI is InChI=1S/C17H25N3O2/c1-2-22-16(21)9-13-10-17(11-13)5-7-20(8-6-17)15-4-3-14(18)12-19-15/h3-4,12-13H,2,5-11,18H2,1H3. The van der Waals surface area contributed by atoms with Crippen molar-refractivity contribution in [2.24, 2.45) is 11.3 Å². The van der Waals surface area contributed by atoms with E-state index in [0.717, 1.165) is 18.9 Å². The van der Waals surface area contributed by atoms with Crippen LogP contribution in [0.5, 0.6) is 0 Å². The van der Waals surface area contributed by atoms with Crippen molar-refractivity contribution >= 4 is 17.5 Å². The van der Waals surface area contributed by atoms with Crippen molar-refractivity contribution in [2.45, 2.75) is 39.0 Å². The van der Waals surface area contributed by atoms with Crippen molar-refractivity contribution in [3.8, 4) is 0 Å². The van der Waals surface area contributed by atoms with Crippen LogP contribution in [0.1, 0.15) is 39.0 Å². The second kappa shape index (κ2) is 6.15. The molecule has 1 aliphatic heterocycles. The minimum absolute atomic E-state index is 0.0362. The van der Waals surface area contributed by atoms with Gasteiger partial charge in [-0.05, 0) is 56.1 Å². The average molecular weight is 303 g/mol. The van der Waals surface area contributed by atoms with Crippen LogP contribution >= 0.6 is 0 Å². The van der Waals surface area contributed by atoms with Crippen molar-refractivity contribution < 1.29 is 9.53 Å². The SMILES string of the molecule is CCOC(=O)CC1CC2(CCN(c3ccc(N)cn3)CC2)C1. The smallest absolute Gasteiger partial charge is 0.306 e.